The van der Waals surface area contributed by atoms with Crippen LogP contribution in [0.1, 0.15) is 18.1 Å². The number of anilines is 1. The summed E-state index contributed by atoms with van der Waals surface area (Å²) in [5.41, 5.74) is 0.937. The average Bonchev–Trinajstić information content (AvgIpc) is 2.68. The highest BCUT2D eigenvalue weighted by Crippen LogP contribution is 2.39. The summed E-state index contributed by atoms with van der Waals surface area (Å²) in [5, 5.41) is 22.5. The normalized spacial score (nSPS) is 13.0. The first-order valence-electron chi connectivity index (χ1n) is 8.32. The molecule has 0 aliphatic carbocycles. The van der Waals surface area contributed by atoms with Gasteiger partial charge in [0, 0.05) is 40.8 Å². The van der Waals surface area contributed by atoms with E-state index in [4.69, 9.17) is 9.47 Å². The van der Waals surface area contributed by atoms with Gasteiger partial charge < -0.3 is 19.7 Å². The maximum atomic E-state index is 12.5. The number of aliphatic hydroxyl groups excluding tert-OH is 1. The maximum absolute atomic E-state index is 12.5. The zero-order valence-corrected chi connectivity index (χ0v) is 19.3. The summed E-state index contributed by atoms with van der Waals surface area (Å²) in [7, 11) is 1.46. The van der Waals surface area contributed by atoms with Crippen LogP contribution < -0.4 is 5.32 Å². The second-order valence-corrected chi connectivity index (χ2v) is 8.44. The van der Waals surface area contributed by atoms with E-state index in [2.05, 4.69) is 37.2 Å². The number of benzene rings is 2. The van der Waals surface area contributed by atoms with Gasteiger partial charge in [-0.15, -0.1) is 11.8 Å². The summed E-state index contributed by atoms with van der Waals surface area (Å²) < 4.78 is 12.1. The highest BCUT2D eigenvalue weighted by atomic mass is 79.9. The molecule has 0 bridgehead atoms. The Hall–Kier alpha value is -1.26. The third-order valence-corrected chi connectivity index (χ3v) is 5.79. The van der Waals surface area contributed by atoms with Crippen LogP contribution in [-0.4, -0.2) is 42.4 Å². The zero-order valence-electron chi connectivity index (χ0n) is 15.3. The molecule has 2 aromatic carbocycles. The molecule has 0 saturated heterocycles. The van der Waals surface area contributed by atoms with Crippen LogP contribution in [-0.2, 0) is 9.47 Å². The van der Waals surface area contributed by atoms with Crippen LogP contribution in [0.5, 0.6) is 5.75 Å². The van der Waals surface area contributed by atoms with Crippen LogP contribution in [0, 0.1) is 0 Å². The first kappa shape index (κ1) is 23.0. The van der Waals surface area contributed by atoms with Crippen molar-refractivity contribution < 1.29 is 24.5 Å². The number of ether oxygens (including phenoxy) is 2. The predicted octanol–water partition coefficient (Wildman–Crippen LogP) is 5.33. The molecule has 9 heteroatoms. The van der Waals surface area contributed by atoms with Crippen molar-refractivity contribution in [2.75, 3.05) is 25.3 Å². The maximum Gasteiger partial charge on any atom is 0.412 e. The van der Waals surface area contributed by atoms with E-state index >= 15 is 0 Å². The summed E-state index contributed by atoms with van der Waals surface area (Å²) in [6.45, 7) is -0.161. The summed E-state index contributed by atoms with van der Waals surface area (Å²) >= 11 is 8.25. The quantitative estimate of drug-likeness (QED) is 0.397. The lowest BCUT2D eigenvalue weighted by atomic mass is 10.0. The molecule has 152 valence electrons. The van der Waals surface area contributed by atoms with E-state index in [1.54, 1.807) is 36.0 Å². The lowest BCUT2D eigenvalue weighted by Gasteiger charge is -2.27. The summed E-state index contributed by atoms with van der Waals surface area (Å²) in [6, 6.07) is 10.6. The number of methoxy groups -OCH3 is 1. The number of aromatic hydroxyl groups is 1. The van der Waals surface area contributed by atoms with Crippen molar-refractivity contribution in [1.29, 1.82) is 0 Å². The van der Waals surface area contributed by atoms with E-state index in [9.17, 15) is 15.0 Å². The van der Waals surface area contributed by atoms with Gasteiger partial charge in [0.05, 0.1) is 4.47 Å². The number of halogens is 2. The SMILES string of the molecule is CO[C@H](CCO)[C@H](OC(=O)Nc1ccc(SC)cc1)c1cc(Br)cc(Br)c1O. The van der Waals surface area contributed by atoms with Gasteiger partial charge >= 0.3 is 6.09 Å². The molecule has 6 nitrogen and oxygen atoms in total. The van der Waals surface area contributed by atoms with Crippen molar-refractivity contribution in [2.24, 2.45) is 0 Å². The Morgan fingerprint density at radius 3 is 2.50 bits per heavy atom. The number of carbonyl (C=O) groups excluding carboxylic acids is 1. The fraction of sp³-hybridized carbons (Fsp3) is 0.316. The average molecular weight is 535 g/mol. The van der Waals surface area contributed by atoms with Crippen LogP contribution in [0.4, 0.5) is 10.5 Å². The minimum absolute atomic E-state index is 0.0645. The topological polar surface area (TPSA) is 88.0 Å². The third kappa shape index (κ3) is 6.12. The molecule has 0 unspecified atom stereocenters. The van der Waals surface area contributed by atoms with Gasteiger partial charge in [-0.3, -0.25) is 5.32 Å². The Morgan fingerprint density at radius 1 is 1.25 bits per heavy atom. The molecule has 0 aromatic heterocycles. The number of phenolic OH excluding ortho intramolecular Hbond substituents is 1. The van der Waals surface area contributed by atoms with Crippen molar-refractivity contribution in [3.63, 3.8) is 0 Å². The number of rotatable bonds is 8. The number of nitrogens with one attached hydrogen (secondary N) is 1. The smallest absolute Gasteiger partial charge is 0.412 e. The number of amides is 1. The van der Waals surface area contributed by atoms with Crippen LogP contribution in [0.2, 0.25) is 0 Å². The van der Waals surface area contributed by atoms with Crippen LogP contribution in [0.25, 0.3) is 0 Å². The first-order valence-corrected chi connectivity index (χ1v) is 11.1. The van der Waals surface area contributed by atoms with Crippen molar-refractivity contribution in [3.05, 3.63) is 50.9 Å². The number of carbonyl (C=O) groups is 1. The molecule has 2 atom stereocenters. The molecule has 2 rings (SSSR count). The summed E-state index contributed by atoms with van der Waals surface area (Å²) in [6.07, 6.45) is -0.0911. The van der Waals surface area contributed by atoms with Gasteiger partial charge in [0.15, 0.2) is 6.10 Å². The van der Waals surface area contributed by atoms with E-state index in [1.165, 1.54) is 7.11 Å². The highest BCUT2D eigenvalue weighted by Gasteiger charge is 2.30. The van der Waals surface area contributed by atoms with Gasteiger partial charge in [-0.05, 0) is 58.6 Å². The Labute approximate surface area is 184 Å². The van der Waals surface area contributed by atoms with Crippen LogP contribution in [0.15, 0.2) is 50.2 Å². The van der Waals surface area contributed by atoms with Gasteiger partial charge in [-0.25, -0.2) is 4.79 Å². The van der Waals surface area contributed by atoms with E-state index in [-0.39, 0.29) is 18.8 Å². The molecule has 0 aliphatic rings. The molecule has 3 N–H and O–H groups in total. The van der Waals surface area contributed by atoms with Crippen molar-refractivity contribution >= 4 is 55.4 Å². The van der Waals surface area contributed by atoms with E-state index < -0.39 is 18.3 Å². The third-order valence-electron chi connectivity index (χ3n) is 3.99. The van der Waals surface area contributed by atoms with E-state index in [1.807, 2.05) is 18.4 Å². The molecule has 0 fully saturated rings. The van der Waals surface area contributed by atoms with Gasteiger partial charge in [-0.2, -0.15) is 0 Å². The first-order chi connectivity index (χ1) is 13.4. The second-order valence-electron chi connectivity index (χ2n) is 5.79. The van der Waals surface area contributed by atoms with Crippen molar-refractivity contribution in [3.8, 4) is 5.75 Å². The molecule has 0 aliphatic heterocycles. The molecule has 0 saturated carbocycles. The fourth-order valence-corrected chi connectivity index (χ4v) is 4.27. The Bertz CT molecular complexity index is 804. The standard InChI is InChI=1S/C19H21Br2NO5S/c1-26-16(7-8-23)18(14-9-11(20)10-15(21)17(14)24)27-19(25)22-12-3-5-13(28-2)6-4-12/h3-6,9-10,16,18,23-24H,7-8H2,1-2H3,(H,22,25)/t16-,18-/m1/s1. The molecule has 0 spiro atoms. The Balaban J connectivity index is 2.27. The summed E-state index contributed by atoms with van der Waals surface area (Å²) in [5.74, 6) is -0.0645. The number of hydrogen-bond donors (Lipinski definition) is 3. The van der Waals surface area contributed by atoms with E-state index in [0.29, 0.717) is 20.2 Å². The Morgan fingerprint density at radius 2 is 1.93 bits per heavy atom. The largest absolute Gasteiger partial charge is 0.506 e. The summed E-state index contributed by atoms with van der Waals surface area (Å²) in [4.78, 5) is 13.6. The number of hydrogen-bond acceptors (Lipinski definition) is 6. The molecule has 0 radical (unpaired) electrons. The van der Waals surface area contributed by atoms with Gasteiger partial charge in [0.2, 0.25) is 0 Å². The number of thioether (sulfide) groups is 1. The minimum Gasteiger partial charge on any atom is -0.506 e. The Kier molecular flexibility index (Phi) is 9.10. The van der Waals surface area contributed by atoms with Gasteiger partial charge in [-0.1, -0.05) is 15.9 Å². The van der Waals surface area contributed by atoms with Crippen LogP contribution in [0.3, 0.4) is 0 Å². The molecular weight excluding hydrogens is 514 g/mol. The minimum atomic E-state index is -0.934. The second kappa shape index (κ2) is 11.1. The molecular formula is C19H21Br2NO5S. The molecule has 28 heavy (non-hydrogen) atoms. The monoisotopic (exact) mass is 533 g/mol. The number of phenols is 1. The van der Waals surface area contributed by atoms with Crippen molar-refractivity contribution in [2.45, 2.75) is 23.5 Å². The molecule has 1 amide bonds. The van der Waals surface area contributed by atoms with Gasteiger partial charge in [0.25, 0.3) is 0 Å². The molecule has 0 heterocycles. The lowest BCUT2D eigenvalue weighted by Crippen LogP contribution is -2.29. The van der Waals surface area contributed by atoms with E-state index in [0.717, 1.165) is 4.90 Å². The fourth-order valence-electron chi connectivity index (χ4n) is 2.60. The number of aliphatic hydroxyl groups is 1. The lowest BCUT2D eigenvalue weighted by molar-refractivity contribution is -0.0314. The zero-order chi connectivity index (χ0) is 20.7. The van der Waals surface area contributed by atoms with Crippen LogP contribution >= 0.6 is 43.6 Å². The molecule has 2 aromatic rings. The van der Waals surface area contributed by atoms with Crippen molar-refractivity contribution in [1.82, 2.24) is 0 Å². The predicted molar refractivity (Wildman–Crippen MR) is 117 cm³/mol. The highest BCUT2D eigenvalue weighted by molar-refractivity contribution is 9.11. The van der Waals surface area contributed by atoms with Gasteiger partial charge in [0.1, 0.15) is 11.9 Å².